The number of allylic oxidation sites excluding steroid dienone is 16. The van der Waals surface area contributed by atoms with E-state index < -0.39 is 26.5 Å². The van der Waals surface area contributed by atoms with Gasteiger partial charge in [-0.3, -0.25) is 14.2 Å². The molecule has 0 saturated carbocycles. The lowest BCUT2D eigenvalue weighted by atomic mass is 10.0. The number of phosphoric ester groups is 1. The first-order valence-corrected chi connectivity index (χ1v) is 34.4. The second-order valence-electron chi connectivity index (χ2n) is 23.1. The fraction of sp³-hybridized carbons (Fsp3) is 0.743. The van der Waals surface area contributed by atoms with Crippen LogP contribution in [-0.2, 0) is 32.7 Å². The van der Waals surface area contributed by atoms with Gasteiger partial charge in [-0.05, 0) is 77.0 Å². The molecule has 0 aromatic carbocycles. The van der Waals surface area contributed by atoms with E-state index in [0.29, 0.717) is 17.4 Å². The number of esters is 2. The summed E-state index contributed by atoms with van der Waals surface area (Å²) < 4.78 is 34.2. The zero-order valence-electron chi connectivity index (χ0n) is 52.5. The highest BCUT2D eigenvalue weighted by Gasteiger charge is 2.22. The number of phosphoric acid groups is 1. The number of carbonyl (C=O) groups excluding carboxylic acids is 2. The minimum atomic E-state index is -4.65. The first kappa shape index (κ1) is 76.9. The van der Waals surface area contributed by atoms with Gasteiger partial charge in [-0.15, -0.1) is 0 Å². The predicted octanol–water partition coefficient (Wildman–Crippen LogP) is 20.5. The average Bonchev–Trinajstić information content (AvgIpc) is 3.42. The normalized spacial score (nSPS) is 13.8. The molecule has 10 heteroatoms. The standard InChI is InChI=1S/C70H124NO8P/c1-6-8-10-12-14-16-18-20-22-24-26-28-30-32-34-35-37-39-41-43-45-47-49-51-53-55-57-59-61-63-70(73)79-68(67-78-80(74,75)77-65-64-71(3,4)5)66-76-69(72)62-60-58-56-54-52-50-48-46-44-42-40-38-36-33-31-29-27-25-23-21-19-17-15-13-11-9-7-2/h8,10,14,16,20,22,26,28,32,34,37,39,43,45,49,51,68H,6-7,9,11-13,15,17-19,21,23-25,27,29-31,33,35-36,38,40-42,44,46-48,50,52-67H2,1-5H3/b10-8-,16-14-,22-20-,28-26-,34-32-,39-37-,45-43-,51-49-. The Balaban J connectivity index is 4.16. The number of unbranched alkanes of at least 4 members (excludes halogenated alkanes) is 30. The van der Waals surface area contributed by atoms with Crippen LogP contribution in [0.15, 0.2) is 97.2 Å². The van der Waals surface area contributed by atoms with Crippen LogP contribution in [0.25, 0.3) is 0 Å². The summed E-state index contributed by atoms with van der Waals surface area (Å²) in [5, 5.41) is 0. The minimum Gasteiger partial charge on any atom is -0.756 e. The van der Waals surface area contributed by atoms with Gasteiger partial charge in [-0.2, -0.15) is 0 Å². The summed E-state index contributed by atoms with van der Waals surface area (Å²) in [6.45, 7) is 4.12. The summed E-state index contributed by atoms with van der Waals surface area (Å²) in [4.78, 5) is 38.0. The van der Waals surface area contributed by atoms with Crippen LogP contribution in [0.1, 0.15) is 284 Å². The third-order valence-corrected chi connectivity index (χ3v) is 15.1. The Morgan fingerprint density at radius 1 is 0.400 bits per heavy atom. The first-order valence-electron chi connectivity index (χ1n) is 32.9. The maximum atomic E-state index is 12.8. The van der Waals surface area contributed by atoms with E-state index in [1.807, 2.05) is 21.1 Å². The van der Waals surface area contributed by atoms with Gasteiger partial charge in [-0.1, -0.05) is 291 Å². The van der Waals surface area contributed by atoms with Crippen LogP contribution in [0.2, 0.25) is 0 Å². The number of rotatable bonds is 60. The lowest BCUT2D eigenvalue weighted by Gasteiger charge is -2.28. The third kappa shape index (κ3) is 64.1. The Morgan fingerprint density at radius 3 is 1.06 bits per heavy atom. The van der Waals surface area contributed by atoms with Gasteiger partial charge in [0, 0.05) is 12.8 Å². The number of carbonyl (C=O) groups is 2. The number of likely N-dealkylation sites (N-methyl/N-ethyl adjacent to an activating group) is 1. The summed E-state index contributed by atoms with van der Waals surface area (Å²) in [5.41, 5.74) is 0. The monoisotopic (exact) mass is 1140 g/mol. The van der Waals surface area contributed by atoms with E-state index in [2.05, 4.69) is 111 Å². The maximum absolute atomic E-state index is 12.8. The Kier molecular flexibility index (Phi) is 58.2. The number of hydrogen-bond donors (Lipinski definition) is 0. The van der Waals surface area contributed by atoms with Crippen LogP contribution in [0.4, 0.5) is 0 Å². The molecule has 9 nitrogen and oxygen atoms in total. The lowest BCUT2D eigenvalue weighted by molar-refractivity contribution is -0.870. The highest BCUT2D eigenvalue weighted by molar-refractivity contribution is 7.45. The molecule has 0 bridgehead atoms. The van der Waals surface area contributed by atoms with Gasteiger partial charge in [-0.25, -0.2) is 0 Å². The van der Waals surface area contributed by atoms with E-state index in [4.69, 9.17) is 18.5 Å². The SMILES string of the molecule is CC/C=C\C/C=C\C/C=C\C/C=C\C/C=C\C/C=C\C/C=C\C/C=C\CCCCCCC(=O)OC(COC(=O)CCCCCCCCCCCCCCCCCCCCCCCCCCCCC)COP(=O)([O-])OCC[N+](C)(C)C. The van der Waals surface area contributed by atoms with Gasteiger partial charge in [0.1, 0.15) is 19.8 Å². The van der Waals surface area contributed by atoms with Crippen LogP contribution in [0.3, 0.4) is 0 Å². The minimum absolute atomic E-state index is 0.0397. The van der Waals surface area contributed by atoms with E-state index >= 15 is 0 Å². The van der Waals surface area contributed by atoms with E-state index in [-0.39, 0.29) is 32.0 Å². The molecule has 0 aromatic heterocycles. The maximum Gasteiger partial charge on any atom is 0.306 e. The molecule has 0 radical (unpaired) electrons. The van der Waals surface area contributed by atoms with Crippen molar-refractivity contribution >= 4 is 19.8 Å². The molecule has 462 valence electrons. The summed E-state index contributed by atoms with van der Waals surface area (Å²) in [6.07, 6.45) is 83.3. The second-order valence-corrected chi connectivity index (χ2v) is 24.5. The molecule has 0 aliphatic rings. The largest absolute Gasteiger partial charge is 0.756 e. The molecule has 0 aromatic rings. The molecule has 0 aliphatic heterocycles. The van der Waals surface area contributed by atoms with Crippen LogP contribution in [0, 0.1) is 0 Å². The molecule has 0 amide bonds. The highest BCUT2D eigenvalue weighted by atomic mass is 31.2. The Hall–Kier alpha value is -3.07. The molecule has 80 heavy (non-hydrogen) atoms. The van der Waals surface area contributed by atoms with Gasteiger partial charge >= 0.3 is 11.9 Å². The highest BCUT2D eigenvalue weighted by Crippen LogP contribution is 2.38. The Morgan fingerprint density at radius 2 is 0.713 bits per heavy atom. The van der Waals surface area contributed by atoms with E-state index in [1.165, 1.54) is 154 Å². The molecule has 0 aliphatic carbocycles. The summed E-state index contributed by atoms with van der Waals surface area (Å²) in [7, 11) is 1.14. The van der Waals surface area contributed by atoms with Crippen molar-refractivity contribution < 1.29 is 42.1 Å². The summed E-state index contributed by atoms with van der Waals surface area (Å²) in [5.74, 6) is -0.858. The van der Waals surface area contributed by atoms with Crippen molar-refractivity contribution in [2.75, 3.05) is 47.5 Å². The molecule has 0 saturated heterocycles. The summed E-state index contributed by atoms with van der Waals surface area (Å²) >= 11 is 0. The van der Waals surface area contributed by atoms with Crippen LogP contribution in [0.5, 0.6) is 0 Å². The van der Waals surface area contributed by atoms with Crippen molar-refractivity contribution in [2.45, 2.75) is 290 Å². The topological polar surface area (TPSA) is 111 Å². The Labute approximate surface area is 493 Å². The molecule has 0 N–H and O–H groups in total. The van der Waals surface area contributed by atoms with Gasteiger partial charge in [0.15, 0.2) is 6.10 Å². The second kappa shape index (κ2) is 60.5. The van der Waals surface area contributed by atoms with Crippen molar-refractivity contribution in [3.8, 4) is 0 Å². The van der Waals surface area contributed by atoms with Crippen LogP contribution >= 0.6 is 7.82 Å². The van der Waals surface area contributed by atoms with Crippen molar-refractivity contribution in [2.24, 2.45) is 0 Å². The number of ether oxygens (including phenoxy) is 2. The number of hydrogen-bond acceptors (Lipinski definition) is 8. The zero-order chi connectivity index (χ0) is 58.4. The molecular formula is C70H124NO8P. The van der Waals surface area contributed by atoms with Crippen LogP contribution < -0.4 is 4.89 Å². The first-order chi connectivity index (χ1) is 39.0. The van der Waals surface area contributed by atoms with Gasteiger partial charge < -0.3 is 27.9 Å². The molecule has 0 spiro atoms. The van der Waals surface area contributed by atoms with E-state index in [1.54, 1.807) is 0 Å². The molecule has 0 rings (SSSR count). The predicted molar refractivity (Wildman–Crippen MR) is 342 cm³/mol. The number of quaternary nitrogens is 1. The van der Waals surface area contributed by atoms with Crippen molar-refractivity contribution in [3.05, 3.63) is 97.2 Å². The van der Waals surface area contributed by atoms with Gasteiger partial charge in [0.25, 0.3) is 7.82 Å². The van der Waals surface area contributed by atoms with Crippen molar-refractivity contribution in [1.82, 2.24) is 0 Å². The van der Waals surface area contributed by atoms with Crippen molar-refractivity contribution in [1.29, 1.82) is 0 Å². The molecule has 2 unspecified atom stereocenters. The van der Waals surface area contributed by atoms with E-state index in [9.17, 15) is 19.0 Å². The van der Waals surface area contributed by atoms with Gasteiger partial charge in [0.2, 0.25) is 0 Å². The van der Waals surface area contributed by atoms with Crippen LogP contribution in [-0.4, -0.2) is 70.0 Å². The quantitative estimate of drug-likeness (QED) is 0.0195. The smallest absolute Gasteiger partial charge is 0.306 e. The fourth-order valence-corrected chi connectivity index (χ4v) is 9.81. The molecular weight excluding hydrogens is 1010 g/mol. The average molecular weight is 1140 g/mol. The number of nitrogens with zero attached hydrogens (tertiary/aromatic N) is 1. The van der Waals surface area contributed by atoms with Crippen molar-refractivity contribution in [3.63, 3.8) is 0 Å². The van der Waals surface area contributed by atoms with E-state index in [0.717, 1.165) is 96.3 Å². The zero-order valence-corrected chi connectivity index (χ0v) is 53.4. The van der Waals surface area contributed by atoms with Gasteiger partial charge in [0.05, 0.1) is 27.7 Å². The third-order valence-electron chi connectivity index (χ3n) is 14.1. The summed E-state index contributed by atoms with van der Waals surface area (Å²) in [6, 6.07) is 0. The molecule has 0 heterocycles. The molecule has 2 atom stereocenters. The fourth-order valence-electron chi connectivity index (χ4n) is 9.09. The Bertz CT molecular complexity index is 1670. The molecule has 0 fully saturated rings. The lowest BCUT2D eigenvalue weighted by Crippen LogP contribution is -2.37.